The van der Waals surface area contributed by atoms with E-state index in [1.807, 2.05) is 48.5 Å². The zero-order valence-corrected chi connectivity index (χ0v) is 12.7. The maximum absolute atomic E-state index is 11.0. The molecule has 0 atom stereocenters. The lowest BCUT2D eigenvalue weighted by atomic mass is 9.98. The first kappa shape index (κ1) is 15.8. The van der Waals surface area contributed by atoms with Crippen LogP contribution in [0.1, 0.15) is 25.0 Å². The predicted molar refractivity (Wildman–Crippen MR) is 82.8 cm³/mol. The summed E-state index contributed by atoms with van der Waals surface area (Å²) in [5.41, 5.74) is 3.83. The molecule has 0 aliphatic heterocycles. The molecule has 0 N–H and O–H groups in total. The lowest BCUT2D eigenvalue weighted by Gasteiger charge is -2.11. The zero-order chi connectivity index (χ0) is 15.9. The number of ether oxygens (including phenoxy) is 2. The molecule has 2 rings (SSSR count). The van der Waals surface area contributed by atoms with Crippen LogP contribution in [0, 0.1) is 0 Å². The van der Waals surface area contributed by atoms with Gasteiger partial charge in [-0.25, -0.2) is 0 Å². The van der Waals surface area contributed by atoms with Crippen LogP contribution in [0.4, 0.5) is 0 Å². The highest BCUT2D eigenvalue weighted by Gasteiger charge is 2.07. The normalized spacial score (nSPS) is 10.1. The minimum Gasteiger partial charge on any atom is -0.461 e. The molecule has 0 bridgehead atoms. The van der Waals surface area contributed by atoms with Gasteiger partial charge in [-0.3, -0.25) is 9.59 Å². The van der Waals surface area contributed by atoms with E-state index in [1.165, 1.54) is 13.8 Å². The summed E-state index contributed by atoms with van der Waals surface area (Å²) < 4.78 is 10.1. The number of benzene rings is 2. The highest BCUT2D eigenvalue weighted by atomic mass is 16.5. The van der Waals surface area contributed by atoms with Crippen LogP contribution in [0.3, 0.4) is 0 Å². The largest absolute Gasteiger partial charge is 0.461 e. The molecular weight excluding hydrogens is 280 g/mol. The van der Waals surface area contributed by atoms with E-state index < -0.39 is 0 Å². The summed E-state index contributed by atoms with van der Waals surface area (Å²) >= 11 is 0. The highest BCUT2D eigenvalue weighted by Crippen LogP contribution is 2.25. The molecule has 0 saturated heterocycles. The summed E-state index contributed by atoms with van der Waals surface area (Å²) in [4.78, 5) is 21.9. The molecule has 0 unspecified atom stereocenters. The number of hydrogen-bond acceptors (Lipinski definition) is 4. The molecule has 4 nitrogen and oxygen atoms in total. The fraction of sp³-hybridized carbons (Fsp3) is 0.222. The molecule has 0 aromatic heterocycles. The molecule has 0 amide bonds. The van der Waals surface area contributed by atoms with Crippen LogP contribution < -0.4 is 0 Å². The summed E-state index contributed by atoms with van der Waals surface area (Å²) in [6, 6.07) is 15.5. The standard InChI is InChI=1S/C18H18O4/c1-13(19)21-11-15-6-5-8-16(10-15)18-9-4-3-7-17(18)12-22-14(2)20/h3-10H,11-12H2,1-2H3. The van der Waals surface area contributed by atoms with Gasteiger partial charge < -0.3 is 9.47 Å². The zero-order valence-electron chi connectivity index (χ0n) is 12.7. The van der Waals surface area contributed by atoms with E-state index in [9.17, 15) is 9.59 Å². The Morgan fingerprint density at radius 3 is 2.27 bits per heavy atom. The van der Waals surface area contributed by atoms with Crippen molar-refractivity contribution in [2.24, 2.45) is 0 Å². The Bertz CT molecular complexity index is 676. The molecule has 4 heteroatoms. The van der Waals surface area contributed by atoms with Gasteiger partial charge in [0.15, 0.2) is 0 Å². The molecule has 0 saturated carbocycles. The van der Waals surface area contributed by atoms with Gasteiger partial charge in [-0.15, -0.1) is 0 Å². The monoisotopic (exact) mass is 298 g/mol. The molecule has 0 fully saturated rings. The molecule has 0 aliphatic rings. The third-order valence-corrected chi connectivity index (χ3v) is 3.13. The van der Waals surface area contributed by atoms with Crippen LogP contribution in [0.25, 0.3) is 11.1 Å². The third-order valence-electron chi connectivity index (χ3n) is 3.13. The SMILES string of the molecule is CC(=O)OCc1cccc(-c2ccccc2COC(C)=O)c1. The molecule has 0 spiro atoms. The van der Waals surface area contributed by atoms with Gasteiger partial charge in [-0.1, -0.05) is 42.5 Å². The Labute approximate surface area is 129 Å². The van der Waals surface area contributed by atoms with Crippen LogP contribution in [0.5, 0.6) is 0 Å². The van der Waals surface area contributed by atoms with Crippen LogP contribution in [-0.2, 0) is 32.3 Å². The van der Waals surface area contributed by atoms with E-state index in [1.54, 1.807) is 0 Å². The second-order valence-electron chi connectivity index (χ2n) is 4.92. The Morgan fingerprint density at radius 1 is 0.864 bits per heavy atom. The topological polar surface area (TPSA) is 52.6 Å². The van der Waals surface area contributed by atoms with E-state index in [4.69, 9.17) is 9.47 Å². The van der Waals surface area contributed by atoms with Crippen LogP contribution in [0.15, 0.2) is 48.5 Å². The first-order chi connectivity index (χ1) is 10.6. The van der Waals surface area contributed by atoms with Crippen LogP contribution >= 0.6 is 0 Å². The van der Waals surface area contributed by atoms with Gasteiger partial charge in [0, 0.05) is 13.8 Å². The van der Waals surface area contributed by atoms with Crippen molar-refractivity contribution in [3.8, 4) is 11.1 Å². The highest BCUT2D eigenvalue weighted by molar-refractivity contribution is 5.70. The first-order valence-electron chi connectivity index (χ1n) is 7.00. The molecule has 2 aromatic carbocycles. The molecular formula is C18H18O4. The lowest BCUT2D eigenvalue weighted by Crippen LogP contribution is -2.01. The smallest absolute Gasteiger partial charge is 0.302 e. The van der Waals surface area contributed by atoms with Crippen molar-refractivity contribution in [1.82, 2.24) is 0 Å². The maximum Gasteiger partial charge on any atom is 0.302 e. The van der Waals surface area contributed by atoms with Crippen molar-refractivity contribution < 1.29 is 19.1 Å². The van der Waals surface area contributed by atoms with E-state index in [0.717, 1.165) is 22.3 Å². The second-order valence-corrected chi connectivity index (χ2v) is 4.92. The number of carbonyl (C=O) groups excluding carboxylic acids is 2. The van der Waals surface area contributed by atoms with Crippen molar-refractivity contribution in [3.05, 3.63) is 59.7 Å². The van der Waals surface area contributed by atoms with Gasteiger partial charge in [0.1, 0.15) is 13.2 Å². The van der Waals surface area contributed by atoms with E-state index >= 15 is 0 Å². The van der Waals surface area contributed by atoms with Crippen molar-refractivity contribution >= 4 is 11.9 Å². The van der Waals surface area contributed by atoms with E-state index in [2.05, 4.69) is 0 Å². The Morgan fingerprint density at radius 2 is 1.55 bits per heavy atom. The Kier molecular flexibility index (Phi) is 5.31. The average Bonchev–Trinajstić information content (AvgIpc) is 2.51. The van der Waals surface area contributed by atoms with Gasteiger partial charge in [-0.05, 0) is 28.3 Å². The molecule has 0 radical (unpaired) electrons. The van der Waals surface area contributed by atoms with Crippen LogP contribution in [0.2, 0.25) is 0 Å². The van der Waals surface area contributed by atoms with Crippen molar-refractivity contribution in [3.63, 3.8) is 0 Å². The molecule has 0 heterocycles. The van der Waals surface area contributed by atoms with E-state index in [0.29, 0.717) is 0 Å². The number of rotatable bonds is 5. The molecule has 22 heavy (non-hydrogen) atoms. The van der Waals surface area contributed by atoms with Crippen LogP contribution in [-0.4, -0.2) is 11.9 Å². The van der Waals surface area contributed by atoms with Crippen molar-refractivity contribution in [2.45, 2.75) is 27.1 Å². The fourth-order valence-corrected chi connectivity index (χ4v) is 2.12. The molecule has 114 valence electrons. The first-order valence-corrected chi connectivity index (χ1v) is 7.00. The fourth-order valence-electron chi connectivity index (χ4n) is 2.12. The summed E-state index contributed by atoms with van der Waals surface area (Å²) in [5, 5.41) is 0. The quantitative estimate of drug-likeness (QED) is 0.793. The number of carbonyl (C=O) groups is 2. The Balaban J connectivity index is 2.25. The molecule has 0 aliphatic carbocycles. The average molecular weight is 298 g/mol. The maximum atomic E-state index is 11.0. The van der Waals surface area contributed by atoms with Gasteiger partial charge in [0.05, 0.1) is 0 Å². The second kappa shape index (κ2) is 7.41. The molecule has 2 aromatic rings. The van der Waals surface area contributed by atoms with E-state index in [-0.39, 0.29) is 25.2 Å². The minimum absolute atomic E-state index is 0.236. The van der Waals surface area contributed by atoms with Gasteiger partial charge >= 0.3 is 11.9 Å². The lowest BCUT2D eigenvalue weighted by molar-refractivity contribution is -0.143. The number of esters is 2. The van der Waals surface area contributed by atoms with Crippen molar-refractivity contribution in [1.29, 1.82) is 0 Å². The van der Waals surface area contributed by atoms with Gasteiger partial charge in [0.25, 0.3) is 0 Å². The van der Waals surface area contributed by atoms with Crippen molar-refractivity contribution in [2.75, 3.05) is 0 Å². The number of hydrogen-bond donors (Lipinski definition) is 0. The summed E-state index contributed by atoms with van der Waals surface area (Å²) in [7, 11) is 0. The summed E-state index contributed by atoms with van der Waals surface area (Å²) in [6.07, 6.45) is 0. The minimum atomic E-state index is -0.307. The Hall–Kier alpha value is -2.62. The van der Waals surface area contributed by atoms with Gasteiger partial charge in [0.2, 0.25) is 0 Å². The predicted octanol–water partition coefficient (Wildman–Crippen LogP) is 3.48. The third kappa shape index (κ3) is 4.45. The van der Waals surface area contributed by atoms with Gasteiger partial charge in [-0.2, -0.15) is 0 Å². The summed E-state index contributed by atoms with van der Waals surface area (Å²) in [6.45, 7) is 3.26. The summed E-state index contributed by atoms with van der Waals surface area (Å²) in [5.74, 6) is -0.612.